The van der Waals surface area contributed by atoms with E-state index in [1.807, 2.05) is 83.1 Å². The smallest absolute Gasteiger partial charge is 0.116 e. The van der Waals surface area contributed by atoms with E-state index in [4.69, 9.17) is 0 Å². The van der Waals surface area contributed by atoms with E-state index in [1.165, 1.54) is 12.8 Å². The van der Waals surface area contributed by atoms with Gasteiger partial charge in [0.1, 0.15) is 11.5 Å². The fraction of sp³-hybridized carbons (Fsp3) is 0.617. The number of imide groups is 2. The van der Waals surface area contributed by atoms with Crippen LogP contribution in [-0.2, 0) is 113 Å². The van der Waals surface area contributed by atoms with E-state index in [1.54, 1.807) is 49.0 Å². The summed E-state index contributed by atoms with van der Waals surface area (Å²) in [7, 11) is 0. The predicted octanol–water partition coefficient (Wildman–Crippen LogP) is 10.3. The maximum Gasteiger partial charge on any atom is 0.116 e. The van der Waals surface area contributed by atoms with Gasteiger partial charge in [-0.25, -0.2) is 0 Å². The number of nitrogens with zero attached hydrogens (tertiary/aromatic N) is 2. The van der Waals surface area contributed by atoms with Gasteiger partial charge in [-0.1, -0.05) is 148 Å². The molecule has 0 aromatic heterocycles. The van der Waals surface area contributed by atoms with E-state index in [0.29, 0.717) is 17.5 Å². The minimum Gasteiger partial charge on any atom is -0.595 e. The van der Waals surface area contributed by atoms with Gasteiger partial charge in [0.15, 0.2) is 0 Å². The van der Waals surface area contributed by atoms with Crippen molar-refractivity contribution < 1.29 is 104 Å². The molecule has 2 aliphatic rings. The molecule has 4 atom stereocenters. The van der Waals surface area contributed by atoms with Crippen LogP contribution in [0.15, 0.2) is 36.4 Å². The molecule has 2 aliphatic heterocycles. The zero-order chi connectivity index (χ0) is 44.7. The summed E-state index contributed by atoms with van der Waals surface area (Å²) in [6.45, 7) is 32.4. The zero-order valence-electron chi connectivity index (χ0n) is 38.7. The van der Waals surface area contributed by atoms with Crippen molar-refractivity contribution in [2.45, 2.75) is 143 Å². The first-order valence-electron chi connectivity index (χ1n) is 20.0. The second-order valence-electron chi connectivity index (χ2n) is 19.1. The number of hydrogen-bond donors (Lipinski definition) is 2. The first-order chi connectivity index (χ1) is 26.1. The van der Waals surface area contributed by atoms with Gasteiger partial charge in [0, 0.05) is 89.1 Å². The number of amides is 4. The average Bonchev–Trinajstić information content (AvgIpc) is 3.56. The standard InChI is InChI=1S/C17H14O4.2C12H21NO2.2C3H8.2Y/c18-7-5-14-10-12(1-3-16(14)20)9-13-2-4-17(21)15(11-13)6-8-19;2*1-11(2,3)7-8(12(4,5)6)10(15)13-9(7)14;2*1-3-2;;/h1-4,10-11,20-21H,5-6,9H2;2*7-8H,1-6H3,(H,13,14,15);2*3H2,1-2H3;;/q-2;;;;;;/p-2. The van der Waals surface area contributed by atoms with Gasteiger partial charge in [-0.15, -0.1) is 12.8 Å². The van der Waals surface area contributed by atoms with Crippen LogP contribution in [0.1, 0.15) is 146 Å². The number of hydrogen-bond acceptors (Lipinski definition) is 8. The summed E-state index contributed by atoms with van der Waals surface area (Å²) in [6, 6.07) is 10.1. The van der Waals surface area contributed by atoms with Gasteiger partial charge >= 0.3 is 0 Å². The molecule has 10 nitrogen and oxygen atoms in total. The summed E-state index contributed by atoms with van der Waals surface area (Å²) >= 11 is 0. The molecule has 0 bridgehead atoms. The third-order valence-corrected chi connectivity index (χ3v) is 9.12. The van der Waals surface area contributed by atoms with Crippen LogP contribution in [0.3, 0.4) is 0 Å². The topological polar surface area (TPSA) is 171 Å². The Morgan fingerprint density at radius 1 is 0.492 bits per heavy atom. The van der Waals surface area contributed by atoms with Crippen molar-refractivity contribution in [2.75, 3.05) is 0 Å². The van der Waals surface area contributed by atoms with Crippen molar-refractivity contribution >= 4 is 36.2 Å². The Labute approximate surface area is 406 Å². The minimum absolute atomic E-state index is 0. The van der Waals surface area contributed by atoms with Gasteiger partial charge in [-0.2, -0.15) is 0 Å². The second-order valence-corrected chi connectivity index (χ2v) is 19.1. The van der Waals surface area contributed by atoms with Gasteiger partial charge in [0.05, 0.1) is 23.6 Å². The molecule has 2 radical (unpaired) electrons. The van der Waals surface area contributed by atoms with E-state index in [9.17, 15) is 39.0 Å². The monoisotopic (exact) mass is 968 g/mol. The van der Waals surface area contributed by atoms with Crippen molar-refractivity contribution in [1.29, 1.82) is 0 Å². The molecule has 0 aliphatic carbocycles. The first kappa shape index (κ1) is 61.2. The molecular formula is C47H70N2O8Y2-4. The van der Waals surface area contributed by atoms with Crippen LogP contribution in [0, 0.1) is 45.3 Å². The van der Waals surface area contributed by atoms with E-state index < -0.39 is 0 Å². The fourth-order valence-corrected chi connectivity index (χ4v) is 6.72. The summed E-state index contributed by atoms with van der Waals surface area (Å²) in [4.78, 5) is 67.7. The minimum atomic E-state index is -0.273. The molecule has 2 aromatic carbocycles. The molecule has 59 heavy (non-hydrogen) atoms. The molecule has 0 spiro atoms. The van der Waals surface area contributed by atoms with Crippen LogP contribution < -0.4 is 0 Å². The second kappa shape index (κ2) is 27.0. The van der Waals surface area contributed by atoms with Gasteiger partial charge in [-0.05, 0) is 62.5 Å². The molecule has 2 fully saturated rings. The maximum atomic E-state index is 11.7. The number of rotatable bonds is 6. The molecule has 12 heteroatoms. The molecule has 2 N–H and O–H groups in total. The Kier molecular flexibility index (Phi) is 28.0. The van der Waals surface area contributed by atoms with Crippen molar-refractivity contribution in [3.05, 3.63) is 69.3 Å². The Morgan fingerprint density at radius 2 is 0.712 bits per heavy atom. The molecule has 2 saturated heterocycles. The molecule has 4 amide bonds. The Morgan fingerprint density at radius 3 is 0.898 bits per heavy atom. The average molecular weight is 969 g/mol. The Hall–Kier alpha value is -2.13. The largest absolute Gasteiger partial charge is 0.595 e. The van der Waals surface area contributed by atoms with Crippen LogP contribution in [0.4, 0.5) is 0 Å². The van der Waals surface area contributed by atoms with Gasteiger partial charge in [0.25, 0.3) is 0 Å². The normalized spacial score (nSPS) is 18.6. The maximum absolute atomic E-state index is 11.7. The van der Waals surface area contributed by atoms with Crippen molar-refractivity contribution in [3.63, 3.8) is 0 Å². The van der Waals surface area contributed by atoms with Crippen LogP contribution in [-0.4, -0.2) is 46.4 Å². The van der Waals surface area contributed by atoms with E-state index >= 15 is 0 Å². The summed E-state index contributed by atoms with van der Waals surface area (Å²) in [5, 5.41) is 26.5. The summed E-state index contributed by atoms with van der Waals surface area (Å²) in [6.07, 6.45) is 6.68. The van der Waals surface area contributed by atoms with Gasteiger partial charge in [-0.3, -0.25) is 12.6 Å². The van der Waals surface area contributed by atoms with Gasteiger partial charge in [0.2, 0.25) is 0 Å². The van der Waals surface area contributed by atoms with Crippen LogP contribution in [0.5, 0.6) is 11.5 Å². The van der Waals surface area contributed by atoms with E-state index in [-0.39, 0.29) is 159 Å². The van der Waals surface area contributed by atoms with Crippen LogP contribution >= 0.6 is 0 Å². The van der Waals surface area contributed by atoms with Gasteiger partial charge < -0.3 is 49.6 Å². The number of phenolic OH excluding ortho intramolecular Hbond substituents is 2. The molecule has 0 saturated carbocycles. The molecule has 2 aromatic rings. The number of aromatic hydroxyl groups is 2. The Bertz CT molecular complexity index is 1480. The quantitative estimate of drug-likeness (QED) is 0.213. The van der Waals surface area contributed by atoms with Crippen molar-refractivity contribution in [3.8, 4) is 11.5 Å². The number of benzene rings is 2. The predicted molar refractivity (Wildman–Crippen MR) is 228 cm³/mol. The summed E-state index contributed by atoms with van der Waals surface area (Å²) in [5.41, 5.74) is 2.09. The number of carbonyl (C=O) groups excluding carboxylic acids is 6. The SMILES string of the molecule is CC(C)(C)C1C(=O)[N-]C(=O)C1C(C)(C)C.CC(C)(C)C1C(=O)[N-]C(=O)C1C(C)(C)C.CCC.CCC.O=[C-]Cc1cc(Cc2ccc(O)c(C[C-]=O)c2)ccc1O.[Y].[Y]. The zero-order valence-corrected chi connectivity index (χ0v) is 44.4. The first-order valence-corrected chi connectivity index (χ1v) is 20.0. The molecule has 4 rings (SSSR count). The van der Waals surface area contributed by atoms with Crippen LogP contribution in [0.2, 0.25) is 0 Å². The van der Waals surface area contributed by atoms with Crippen molar-refractivity contribution in [2.24, 2.45) is 45.3 Å². The summed E-state index contributed by atoms with van der Waals surface area (Å²) < 4.78 is 0. The van der Waals surface area contributed by atoms with E-state index in [0.717, 1.165) is 11.1 Å². The molecule has 2 heterocycles. The Balaban J connectivity index is -0.000000746. The number of phenols is 2. The number of carbonyl (C=O) groups is 4. The van der Waals surface area contributed by atoms with E-state index in [2.05, 4.69) is 38.3 Å². The summed E-state index contributed by atoms with van der Waals surface area (Å²) in [5.74, 6) is -1.92. The van der Waals surface area contributed by atoms with Crippen molar-refractivity contribution in [1.82, 2.24) is 0 Å². The van der Waals surface area contributed by atoms with Crippen LogP contribution in [0.25, 0.3) is 10.6 Å². The third kappa shape index (κ3) is 20.1. The third-order valence-electron chi connectivity index (χ3n) is 9.12. The molecule has 326 valence electrons. The molecular weight excluding hydrogens is 898 g/mol. The fourth-order valence-electron chi connectivity index (χ4n) is 6.72. The molecule has 4 unspecified atom stereocenters.